The molecule has 3 nitrogen and oxygen atoms in total. The first kappa shape index (κ1) is 14.0. The monoisotopic (exact) mass is 266 g/mol. The van der Waals surface area contributed by atoms with E-state index in [0.717, 1.165) is 0 Å². The maximum Gasteiger partial charge on any atom is 0.172 e. The van der Waals surface area contributed by atoms with Crippen LogP contribution in [0.25, 0.3) is 0 Å². The van der Waals surface area contributed by atoms with Crippen LogP contribution in [0.3, 0.4) is 0 Å². The SMILES string of the molecule is CC(=O)/C=N/N(Cc1ccccc1)Cc1ccccc1. The largest absolute Gasteiger partial charge is 0.293 e. The van der Waals surface area contributed by atoms with E-state index in [1.165, 1.54) is 24.3 Å². The minimum absolute atomic E-state index is 0.0453. The second-order valence-corrected chi connectivity index (χ2v) is 4.65. The molecule has 102 valence electrons. The summed E-state index contributed by atoms with van der Waals surface area (Å²) >= 11 is 0. The van der Waals surface area contributed by atoms with Gasteiger partial charge >= 0.3 is 0 Å². The Bertz CT molecular complexity index is 523. The van der Waals surface area contributed by atoms with Gasteiger partial charge in [-0.15, -0.1) is 0 Å². The number of hydrazone groups is 1. The molecule has 0 aliphatic heterocycles. The van der Waals surface area contributed by atoms with Crippen molar-refractivity contribution in [3.63, 3.8) is 0 Å². The second-order valence-electron chi connectivity index (χ2n) is 4.65. The standard InChI is InChI=1S/C17H18N2O/c1-15(20)12-18-19(13-16-8-4-2-5-9-16)14-17-10-6-3-7-11-17/h2-12H,13-14H2,1H3/b18-12+. The van der Waals surface area contributed by atoms with E-state index in [1.54, 1.807) is 0 Å². The predicted molar refractivity (Wildman–Crippen MR) is 81.3 cm³/mol. The van der Waals surface area contributed by atoms with E-state index in [0.29, 0.717) is 13.1 Å². The Morgan fingerprint density at radius 3 is 1.80 bits per heavy atom. The third-order valence-electron chi connectivity index (χ3n) is 2.82. The third kappa shape index (κ3) is 4.69. The van der Waals surface area contributed by atoms with E-state index >= 15 is 0 Å². The first-order chi connectivity index (χ1) is 9.74. The summed E-state index contributed by atoms with van der Waals surface area (Å²) in [5.41, 5.74) is 2.34. The van der Waals surface area contributed by atoms with Crippen LogP contribution in [-0.4, -0.2) is 17.0 Å². The number of Topliss-reactive ketones (excluding diaryl/α,β-unsaturated/α-hetero) is 1. The van der Waals surface area contributed by atoms with Gasteiger partial charge in [-0.2, -0.15) is 5.10 Å². The minimum Gasteiger partial charge on any atom is -0.293 e. The van der Waals surface area contributed by atoms with Crippen LogP contribution in [0.15, 0.2) is 65.8 Å². The molecule has 0 spiro atoms. The Hall–Kier alpha value is -2.42. The number of rotatable bonds is 6. The van der Waals surface area contributed by atoms with Crippen LogP contribution in [0.5, 0.6) is 0 Å². The van der Waals surface area contributed by atoms with E-state index in [2.05, 4.69) is 29.4 Å². The summed E-state index contributed by atoms with van der Waals surface area (Å²) in [4.78, 5) is 11.1. The fraction of sp³-hybridized carbons (Fsp3) is 0.176. The molecule has 3 heteroatoms. The number of nitrogens with zero attached hydrogens (tertiary/aromatic N) is 2. The van der Waals surface area contributed by atoms with E-state index in [4.69, 9.17) is 0 Å². The molecule has 2 aromatic carbocycles. The fourth-order valence-electron chi connectivity index (χ4n) is 1.89. The summed E-state index contributed by atoms with van der Waals surface area (Å²) in [6, 6.07) is 20.2. The molecule has 0 bridgehead atoms. The Morgan fingerprint density at radius 2 is 1.40 bits per heavy atom. The van der Waals surface area contributed by atoms with Gasteiger partial charge in [-0.1, -0.05) is 60.7 Å². The molecule has 0 saturated carbocycles. The van der Waals surface area contributed by atoms with Gasteiger partial charge in [0.05, 0.1) is 19.3 Å². The number of benzene rings is 2. The zero-order valence-corrected chi connectivity index (χ0v) is 11.6. The van der Waals surface area contributed by atoms with Crippen LogP contribution in [-0.2, 0) is 17.9 Å². The van der Waals surface area contributed by atoms with E-state index in [1.807, 2.05) is 41.4 Å². The van der Waals surface area contributed by atoms with Gasteiger partial charge in [-0.25, -0.2) is 0 Å². The van der Waals surface area contributed by atoms with Gasteiger partial charge in [0, 0.05) is 6.92 Å². The summed E-state index contributed by atoms with van der Waals surface area (Å²) in [6.45, 7) is 2.87. The highest BCUT2D eigenvalue weighted by Gasteiger charge is 2.04. The lowest BCUT2D eigenvalue weighted by molar-refractivity contribution is -0.110. The van der Waals surface area contributed by atoms with E-state index in [-0.39, 0.29) is 5.78 Å². The average Bonchev–Trinajstić information content (AvgIpc) is 2.47. The molecule has 0 heterocycles. The first-order valence-electron chi connectivity index (χ1n) is 6.61. The number of ketones is 1. The number of hydrogen-bond donors (Lipinski definition) is 0. The number of hydrogen-bond acceptors (Lipinski definition) is 3. The smallest absolute Gasteiger partial charge is 0.172 e. The lowest BCUT2D eigenvalue weighted by Gasteiger charge is -2.19. The maximum absolute atomic E-state index is 11.1. The van der Waals surface area contributed by atoms with Crippen LogP contribution in [0.2, 0.25) is 0 Å². The molecular formula is C17H18N2O. The normalized spacial score (nSPS) is 10.7. The van der Waals surface area contributed by atoms with E-state index in [9.17, 15) is 4.79 Å². The number of carbonyl (C=O) groups is 1. The Balaban J connectivity index is 2.10. The molecule has 0 fully saturated rings. The maximum atomic E-state index is 11.1. The van der Waals surface area contributed by atoms with Crippen molar-refractivity contribution in [2.75, 3.05) is 0 Å². The summed E-state index contributed by atoms with van der Waals surface area (Å²) < 4.78 is 0. The summed E-state index contributed by atoms with van der Waals surface area (Å²) in [6.07, 6.45) is 1.37. The molecular weight excluding hydrogens is 248 g/mol. The average molecular weight is 266 g/mol. The Kier molecular flexibility index (Phi) is 5.07. The van der Waals surface area contributed by atoms with Crippen molar-refractivity contribution >= 4 is 12.0 Å². The molecule has 20 heavy (non-hydrogen) atoms. The van der Waals surface area contributed by atoms with Crippen molar-refractivity contribution in [2.24, 2.45) is 5.10 Å². The molecule has 0 saturated heterocycles. The molecule has 0 aliphatic carbocycles. The van der Waals surface area contributed by atoms with Gasteiger partial charge in [0.25, 0.3) is 0 Å². The van der Waals surface area contributed by atoms with Crippen LogP contribution >= 0.6 is 0 Å². The molecule has 0 atom stereocenters. The van der Waals surface area contributed by atoms with Gasteiger partial charge in [-0.05, 0) is 11.1 Å². The topological polar surface area (TPSA) is 32.7 Å². The summed E-state index contributed by atoms with van der Waals surface area (Å²) in [5.74, 6) is -0.0453. The van der Waals surface area contributed by atoms with Crippen LogP contribution < -0.4 is 0 Å². The quantitative estimate of drug-likeness (QED) is 0.594. The molecule has 2 aromatic rings. The molecule has 0 unspecified atom stereocenters. The highest BCUT2D eigenvalue weighted by molar-refractivity contribution is 6.26. The lowest BCUT2D eigenvalue weighted by atomic mass is 10.2. The van der Waals surface area contributed by atoms with Gasteiger partial charge in [0.15, 0.2) is 5.78 Å². The highest BCUT2D eigenvalue weighted by Crippen LogP contribution is 2.10. The van der Waals surface area contributed by atoms with Gasteiger partial charge in [0.1, 0.15) is 0 Å². The van der Waals surface area contributed by atoms with Crippen molar-refractivity contribution in [1.29, 1.82) is 0 Å². The zero-order valence-electron chi connectivity index (χ0n) is 11.6. The molecule has 0 amide bonds. The minimum atomic E-state index is -0.0453. The molecule has 0 aliphatic rings. The summed E-state index contributed by atoms with van der Waals surface area (Å²) in [5, 5.41) is 6.17. The molecule has 0 radical (unpaired) electrons. The van der Waals surface area contributed by atoms with Crippen molar-refractivity contribution in [3.8, 4) is 0 Å². The first-order valence-corrected chi connectivity index (χ1v) is 6.61. The van der Waals surface area contributed by atoms with Crippen LogP contribution in [0.1, 0.15) is 18.1 Å². The van der Waals surface area contributed by atoms with Crippen molar-refractivity contribution in [2.45, 2.75) is 20.0 Å². The predicted octanol–water partition coefficient (Wildman–Crippen LogP) is 3.26. The zero-order chi connectivity index (χ0) is 14.2. The summed E-state index contributed by atoms with van der Waals surface area (Å²) in [7, 11) is 0. The van der Waals surface area contributed by atoms with Crippen LogP contribution in [0.4, 0.5) is 0 Å². The highest BCUT2D eigenvalue weighted by atomic mass is 16.1. The van der Waals surface area contributed by atoms with E-state index < -0.39 is 0 Å². The lowest BCUT2D eigenvalue weighted by Crippen LogP contribution is -2.17. The van der Waals surface area contributed by atoms with Gasteiger partial charge in [0.2, 0.25) is 0 Å². The van der Waals surface area contributed by atoms with Crippen molar-refractivity contribution in [1.82, 2.24) is 5.01 Å². The fourth-order valence-corrected chi connectivity index (χ4v) is 1.89. The molecule has 2 rings (SSSR count). The van der Waals surface area contributed by atoms with Crippen molar-refractivity contribution in [3.05, 3.63) is 71.8 Å². The Morgan fingerprint density at radius 1 is 0.950 bits per heavy atom. The third-order valence-corrected chi connectivity index (χ3v) is 2.82. The number of carbonyl (C=O) groups excluding carboxylic acids is 1. The van der Waals surface area contributed by atoms with Crippen LogP contribution in [0, 0.1) is 0 Å². The second kappa shape index (κ2) is 7.24. The molecule has 0 N–H and O–H groups in total. The molecule has 0 aromatic heterocycles. The Labute approximate surface area is 119 Å². The van der Waals surface area contributed by atoms with Gasteiger partial charge < -0.3 is 0 Å². The van der Waals surface area contributed by atoms with Crippen molar-refractivity contribution < 1.29 is 4.79 Å². The van der Waals surface area contributed by atoms with Gasteiger partial charge in [-0.3, -0.25) is 9.80 Å².